The Kier molecular flexibility index (Phi) is 5.72. The summed E-state index contributed by atoms with van der Waals surface area (Å²) < 4.78 is 15.8. The molecule has 2 N–H and O–H groups in total. The van der Waals surface area contributed by atoms with Gasteiger partial charge < -0.3 is 10.3 Å². The summed E-state index contributed by atoms with van der Waals surface area (Å²) >= 11 is 8.91. The van der Waals surface area contributed by atoms with E-state index in [1.165, 1.54) is 29.2 Å². The van der Waals surface area contributed by atoms with Crippen molar-refractivity contribution in [3.8, 4) is 10.7 Å². The van der Waals surface area contributed by atoms with E-state index in [-0.39, 0.29) is 12.2 Å². The lowest BCUT2D eigenvalue weighted by Crippen LogP contribution is -2.14. The number of rotatable bonds is 7. The van der Waals surface area contributed by atoms with Gasteiger partial charge in [0.1, 0.15) is 5.82 Å². The summed E-state index contributed by atoms with van der Waals surface area (Å²) in [7, 11) is 0. The molecule has 0 aliphatic carbocycles. The molecule has 1 amide bonds. The summed E-state index contributed by atoms with van der Waals surface area (Å²) in [5, 5.41) is 11.3. The van der Waals surface area contributed by atoms with Gasteiger partial charge in [-0.25, -0.2) is 4.39 Å². The average molecular weight is 397 g/mol. The van der Waals surface area contributed by atoms with E-state index < -0.39 is 5.91 Å². The van der Waals surface area contributed by atoms with Crippen molar-refractivity contribution in [1.82, 2.24) is 14.8 Å². The van der Waals surface area contributed by atoms with Gasteiger partial charge >= 0.3 is 0 Å². The lowest BCUT2D eigenvalue weighted by molar-refractivity contribution is -0.118. The van der Waals surface area contributed by atoms with Crippen molar-refractivity contribution in [1.29, 1.82) is 0 Å². The van der Waals surface area contributed by atoms with E-state index in [1.54, 1.807) is 12.1 Å². The molecule has 0 aliphatic heterocycles. The molecule has 25 heavy (non-hydrogen) atoms. The van der Waals surface area contributed by atoms with Gasteiger partial charge in [0.05, 0.1) is 4.88 Å². The van der Waals surface area contributed by atoms with Gasteiger partial charge in [0, 0.05) is 29.3 Å². The normalized spacial score (nSPS) is 11.0. The van der Waals surface area contributed by atoms with Crippen LogP contribution >= 0.6 is 34.7 Å². The van der Waals surface area contributed by atoms with Crippen LogP contribution in [0.15, 0.2) is 40.9 Å². The minimum absolute atomic E-state index is 0.171. The number of aromatic nitrogens is 3. The predicted molar refractivity (Wildman–Crippen MR) is 98.1 cm³/mol. The first-order valence-corrected chi connectivity index (χ1v) is 9.61. The fourth-order valence-electron chi connectivity index (χ4n) is 2.21. The third kappa shape index (κ3) is 4.20. The highest BCUT2D eigenvalue weighted by molar-refractivity contribution is 7.98. The fraction of sp³-hybridized carbons (Fsp3) is 0.188. The first-order valence-electron chi connectivity index (χ1n) is 7.37. The number of hydrogen-bond donors (Lipinski definition) is 1. The molecule has 5 nitrogen and oxygen atoms in total. The average Bonchev–Trinajstić information content (AvgIpc) is 3.21. The summed E-state index contributed by atoms with van der Waals surface area (Å²) in [5.74, 6) is 0.212. The Bertz CT molecular complexity index is 862. The zero-order valence-electron chi connectivity index (χ0n) is 13.0. The van der Waals surface area contributed by atoms with Crippen LogP contribution in [0.25, 0.3) is 10.7 Å². The molecular formula is C16H14ClFN4OS2. The lowest BCUT2D eigenvalue weighted by Gasteiger charge is -2.09. The van der Waals surface area contributed by atoms with Crippen molar-refractivity contribution in [2.75, 3.05) is 0 Å². The molecule has 9 heteroatoms. The zero-order valence-corrected chi connectivity index (χ0v) is 15.4. The molecule has 0 bridgehead atoms. The van der Waals surface area contributed by atoms with Crippen molar-refractivity contribution >= 4 is 40.6 Å². The van der Waals surface area contributed by atoms with Gasteiger partial charge in [-0.2, -0.15) is 0 Å². The van der Waals surface area contributed by atoms with E-state index in [9.17, 15) is 9.18 Å². The second-order valence-corrected chi connectivity index (χ2v) is 7.44. The van der Waals surface area contributed by atoms with E-state index in [0.717, 1.165) is 4.88 Å². The monoisotopic (exact) mass is 396 g/mol. The van der Waals surface area contributed by atoms with Crippen LogP contribution in [0.1, 0.15) is 12.0 Å². The maximum Gasteiger partial charge on any atom is 0.219 e. The topological polar surface area (TPSA) is 73.8 Å². The Hall–Kier alpha value is -1.90. The Morgan fingerprint density at radius 2 is 2.16 bits per heavy atom. The summed E-state index contributed by atoms with van der Waals surface area (Å²) in [6, 6.07) is 8.43. The van der Waals surface area contributed by atoms with Crippen LogP contribution in [-0.4, -0.2) is 20.7 Å². The predicted octanol–water partition coefficient (Wildman–Crippen LogP) is 3.97. The molecule has 3 aromatic rings. The van der Waals surface area contributed by atoms with Crippen molar-refractivity contribution in [3.63, 3.8) is 0 Å². The number of amides is 1. The molecular weight excluding hydrogens is 383 g/mol. The minimum atomic E-state index is -0.404. The second kappa shape index (κ2) is 7.99. The number of carbonyl (C=O) groups is 1. The number of thiophene rings is 1. The number of primary amides is 1. The summed E-state index contributed by atoms with van der Waals surface area (Å²) in [6.45, 7) is 0.364. The Morgan fingerprint density at radius 1 is 1.32 bits per heavy atom. The van der Waals surface area contributed by atoms with Crippen LogP contribution in [0.3, 0.4) is 0 Å². The number of halogens is 2. The smallest absolute Gasteiger partial charge is 0.219 e. The van der Waals surface area contributed by atoms with Gasteiger partial charge in [-0.15, -0.1) is 21.5 Å². The summed E-state index contributed by atoms with van der Waals surface area (Å²) in [6.07, 6.45) is 0.171. The molecule has 2 aromatic heterocycles. The first kappa shape index (κ1) is 17.9. The number of hydrogen-bond acceptors (Lipinski definition) is 5. The maximum absolute atomic E-state index is 13.9. The van der Waals surface area contributed by atoms with Crippen molar-refractivity contribution in [3.05, 3.63) is 52.1 Å². The third-order valence-electron chi connectivity index (χ3n) is 3.45. The third-order valence-corrected chi connectivity index (χ3v) is 5.66. The molecule has 0 unspecified atom stereocenters. The van der Waals surface area contributed by atoms with Crippen molar-refractivity contribution < 1.29 is 9.18 Å². The van der Waals surface area contributed by atoms with E-state index >= 15 is 0 Å². The zero-order chi connectivity index (χ0) is 17.8. The molecule has 3 rings (SSSR count). The molecule has 0 aliphatic rings. The molecule has 0 saturated carbocycles. The highest BCUT2D eigenvalue weighted by atomic mass is 35.5. The van der Waals surface area contributed by atoms with Crippen LogP contribution < -0.4 is 5.73 Å². The molecule has 0 spiro atoms. The van der Waals surface area contributed by atoms with Crippen molar-refractivity contribution in [2.24, 2.45) is 5.73 Å². The number of benzene rings is 1. The van der Waals surface area contributed by atoms with Crippen LogP contribution in [-0.2, 0) is 17.1 Å². The SMILES string of the molecule is NC(=O)CCn1c(SCc2c(F)cccc2Cl)nnc1-c1cccs1. The number of nitrogens with two attached hydrogens (primary N) is 1. The van der Waals surface area contributed by atoms with Crippen LogP contribution in [0.2, 0.25) is 5.02 Å². The molecule has 0 fully saturated rings. The number of thioether (sulfide) groups is 1. The Morgan fingerprint density at radius 3 is 2.84 bits per heavy atom. The highest BCUT2D eigenvalue weighted by Gasteiger charge is 2.17. The minimum Gasteiger partial charge on any atom is -0.370 e. The van der Waals surface area contributed by atoms with E-state index in [4.69, 9.17) is 17.3 Å². The quantitative estimate of drug-likeness (QED) is 0.613. The van der Waals surface area contributed by atoms with Crippen molar-refractivity contribution in [2.45, 2.75) is 23.9 Å². The first-order chi connectivity index (χ1) is 12.1. The van der Waals surface area contributed by atoms with Gasteiger partial charge in [0.15, 0.2) is 11.0 Å². The fourth-order valence-corrected chi connectivity index (χ4v) is 4.24. The van der Waals surface area contributed by atoms with E-state index in [2.05, 4.69) is 10.2 Å². The van der Waals surface area contributed by atoms with Gasteiger partial charge in [0.2, 0.25) is 5.91 Å². The molecule has 0 radical (unpaired) electrons. The summed E-state index contributed by atoms with van der Waals surface area (Å²) in [4.78, 5) is 12.1. The van der Waals surface area contributed by atoms with Crippen LogP contribution in [0, 0.1) is 5.82 Å². The Labute approximate surface area is 157 Å². The standard InChI is InChI=1S/C16H14ClFN4OS2/c17-11-3-1-4-12(18)10(11)9-25-16-21-20-15(13-5-2-8-24-13)22(16)7-6-14(19)23/h1-5,8H,6-7,9H2,(H2,19,23). The van der Waals surface area contributed by atoms with Gasteiger partial charge in [-0.3, -0.25) is 4.79 Å². The van der Waals surface area contributed by atoms with Gasteiger partial charge in [-0.05, 0) is 23.6 Å². The second-order valence-electron chi connectivity index (χ2n) is 5.14. The van der Waals surface area contributed by atoms with E-state index in [0.29, 0.717) is 33.9 Å². The largest absolute Gasteiger partial charge is 0.370 e. The van der Waals surface area contributed by atoms with Gasteiger partial charge in [-0.1, -0.05) is 35.5 Å². The molecule has 130 valence electrons. The highest BCUT2D eigenvalue weighted by Crippen LogP contribution is 2.31. The van der Waals surface area contributed by atoms with E-state index in [1.807, 2.05) is 22.1 Å². The molecule has 0 atom stereocenters. The lowest BCUT2D eigenvalue weighted by atomic mass is 10.2. The number of nitrogens with zero attached hydrogens (tertiary/aromatic N) is 3. The molecule has 0 saturated heterocycles. The maximum atomic E-state index is 13.9. The molecule has 1 aromatic carbocycles. The molecule has 2 heterocycles. The van der Waals surface area contributed by atoms with Gasteiger partial charge in [0.25, 0.3) is 0 Å². The summed E-state index contributed by atoms with van der Waals surface area (Å²) in [5.41, 5.74) is 5.68. The van der Waals surface area contributed by atoms with Crippen LogP contribution in [0.4, 0.5) is 4.39 Å². The van der Waals surface area contributed by atoms with Crippen LogP contribution in [0.5, 0.6) is 0 Å². The Balaban J connectivity index is 1.86. The number of carbonyl (C=O) groups excluding carboxylic acids is 1.